The molecule has 2 heterocycles. The van der Waals surface area contributed by atoms with Gasteiger partial charge in [-0.1, -0.05) is 59.9 Å². The first-order valence-corrected chi connectivity index (χ1v) is 13.8. The van der Waals surface area contributed by atoms with Gasteiger partial charge in [0.2, 0.25) is 0 Å². The van der Waals surface area contributed by atoms with Crippen LogP contribution in [0.15, 0.2) is 81.7 Å². The number of para-hydroxylation sites is 1. The molecule has 1 aliphatic rings. The lowest BCUT2D eigenvalue weighted by atomic mass is 9.95. The molecule has 0 spiro atoms. The second kappa shape index (κ2) is 11.9. The molecule has 3 aromatic carbocycles. The molecule has 206 valence electrons. The normalized spacial score (nSPS) is 15.1. The maximum atomic E-state index is 14.1. The van der Waals surface area contributed by atoms with Gasteiger partial charge >= 0.3 is 5.97 Å². The zero-order valence-corrected chi connectivity index (χ0v) is 23.6. The van der Waals surface area contributed by atoms with Crippen molar-refractivity contribution in [3.8, 4) is 11.5 Å². The number of allylic oxidation sites excluding steroid dienone is 1. The van der Waals surface area contributed by atoms with Gasteiger partial charge in [-0.3, -0.25) is 9.36 Å². The summed E-state index contributed by atoms with van der Waals surface area (Å²) in [6.07, 6.45) is 1.85. The van der Waals surface area contributed by atoms with Crippen LogP contribution >= 0.6 is 11.3 Å². The van der Waals surface area contributed by atoms with Gasteiger partial charge in [0, 0.05) is 18.2 Å². The van der Waals surface area contributed by atoms with Gasteiger partial charge in [0.25, 0.3) is 5.56 Å². The van der Waals surface area contributed by atoms with Gasteiger partial charge in [-0.15, -0.1) is 0 Å². The summed E-state index contributed by atoms with van der Waals surface area (Å²) in [5.41, 5.74) is 1.95. The van der Waals surface area contributed by atoms with E-state index >= 15 is 0 Å². The Labute approximate surface area is 235 Å². The first-order chi connectivity index (χ1) is 19.5. The monoisotopic (exact) mass is 558 g/mol. The quantitative estimate of drug-likeness (QED) is 0.228. The van der Waals surface area contributed by atoms with Gasteiger partial charge in [-0.25, -0.2) is 9.79 Å². The number of aromatic nitrogens is 1. The van der Waals surface area contributed by atoms with E-state index in [0.717, 1.165) is 16.3 Å². The number of carbonyl (C=O) groups is 1. The molecular weight excluding hydrogens is 528 g/mol. The van der Waals surface area contributed by atoms with E-state index in [1.54, 1.807) is 24.7 Å². The molecule has 0 aliphatic carbocycles. The van der Waals surface area contributed by atoms with Crippen LogP contribution in [0.25, 0.3) is 16.8 Å². The molecule has 0 amide bonds. The predicted octanol–water partition coefficient (Wildman–Crippen LogP) is 3.99. The number of rotatable bonds is 9. The highest BCUT2D eigenvalue weighted by molar-refractivity contribution is 7.07. The van der Waals surface area contributed by atoms with Gasteiger partial charge in [0.15, 0.2) is 4.80 Å². The summed E-state index contributed by atoms with van der Waals surface area (Å²) in [6.45, 7) is 4.50. The maximum absolute atomic E-state index is 14.1. The minimum atomic E-state index is -0.788. The molecule has 5 rings (SSSR count). The third-order valence-electron chi connectivity index (χ3n) is 6.70. The van der Waals surface area contributed by atoms with Crippen molar-refractivity contribution in [1.29, 1.82) is 0 Å². The number of esters is 1. The summed E-state index contributed by atoms with van der Waals surface area (Å²) >= 11 is 1.27. The molecule has 0 radical (unpaired) electrons. The number of hydrogen-bond donors (Lipinski definition) is 0. The van der Waals surface area contributed by atoms with Crippen LogP contribution in [0.1, 0.15) is 31.0 Å². The number of benzene rings is 3. The lowest BCUT2D eigenvalue weighted by Gasteiger charge is -2.26. The molecule has 0 saturated heterocycles. The summed E-state index contributed by atoms with van der Waals surface area (Å²) in [7, 11) is 3.10. The van der Waals surface area contributed by atoms with E-state index in [0.29, 0.717) is 38.7 Å². The maximum Gasteiger partial charge on any atom is 0.338 e. The molecule has 40 heavy (non-hydrogen) atoms. The third kappa shape index (κ3) is 5.05. The average molecular weight is 559 g/mol. The van der Waals surface area contributed by atoms with Gasteiger partial charge in [0.05, 0.1) is 36.1 Å². The third-order valence-corrected chi connectivity index (χ3v) is 7.68. The van der Waals surface area contributed by atoms with Crippen molar-refractivity contribution in [1.82, 2.24) is 4.57 Å². The van der Waals surface area contributed by atoms with E-state index in [1.165, 1.54) is 18.4 Å². The second-order valence-electron chi connectivity index (χ2n) is 9.08. The van der Waals surface area contributed by atoms with Gasteiger partial charge in [-0.2, -0.15) is 0 Å². The minimum Gasteiger partial charge on any atom is -0.496 e. The highest BCUT2D eigenvalue weighted by Crippen LogP contribution is 2.36. The highest BCUT2D eigenvalue weighted by atomic mass is 32.1. The van der Waals surface area contributed by atoms with Gasteiger partial charge in [0.1, 0.15) is 24.1 Å². The molecular formula is C31H30N2O6S. The molecule has 8 nitrogen and oxygen atoms in total. The van der Waals surface area contributed by atoms with Crippen LogP contribution in [0, 0.1) is 0 Å². The Morgan fingerprint density at radius 3 is 2.58 bits per heavy atom. The van der Waals surface area contributed by atoms with Crippen molar-refractivity contribution >= 4 is 34.2 Å². The molecule has 0 N–H and O–H groups in total. The van der Waals surface area contributed by atoms with Crippen LogP contribution < -0.4 is 24.4 Å². The van der Waals surface area contributed by atoms with Crippen molar-refractivity contribution in [2.75, 3.05) is 34.0 Å². The zero-order chi connectivity index (χ0) is 28.2. The molecule has 1 unspecified atom stereocenters. The van der Waals surface area contributed by atoms with Crippen molar-refractivity contribution in [2.24, 2.45) is 4.99 Å². The lowest BCUT2D eigenvalue weighted by molar-refractivity contribution is -0.140. The van der Waals surface area contributed by atoms with E-state index in [1.807, 2.05) is 67.6 Å². The van der Waals surface area contributed by atoms with Crippen molar-refractivity contribution in [2.45, 2.75) is 19.9 Å². The first kappa shape index (κ1) is 27.4. The number of hydrogen-bond acceptors (Lipinski definition) is 8. The van der Waals surface area contributed by atoms with Gasteiger partial charge in [-0.05, 0) is 42.8 Å². The first-order valence-electron chi connectivity index (χ1n) is 12.9. The standard InChI is InChI=1S/C31H30N2O6S/c1-5-38-25-15-14-20-10-6-7-11-21(20)23(25)18-26-29(34)33-28(22-12-8-9-13-24(22)37-4)27(19(2)32-31(33)40-26)30(35)39-17-16-36-3/h6-15,18,28H,5,16-17H2,1-4H3. The second-order valence-corrected chi connectivity index (χ2v) is 10.1. The van der Waals surface area contributed by atoms with Crippen molar-refractivity contribution < 1.29 is 23.7 Å². The Balaban J connectivity index is 1.75. The van der Waals surface area contributed by atoms with E-state index in [-0.39, 0.29) is 24.3 Å². The van der Waals surface area contributed by atoms with Crippen LogP contribution in [0.4, 0.5) is 0 Å². The van der Waals surface area contributed by atoms with Crippen LogP contribution in [-0.4, -0.2) is 44.6 Å². The molecule has 1 atom stereocenters. The van der Waals surface area contributed by atoms with Crippen molar-refractivity contribution in [3.05, 3.63) is 103 Å². The molecule has 4 aromatic rings. The number of nitrogens with zero attached hydrogens (tertiary/aromatic N) is 2. The highest BCUT2D eigenvalue weighted by Gasteiger charge is 2.35. The fraction of sp³-hybridized carbons (Fsp3) is 0.258. The number of ether oxygens (including phenoxy) is 4. The molecule has 1 aliphatic heterocycles. The van der Waals surface area contributed by atoms with Crippen LogP contribution in [-0.2, 0) is 14.3 Å². The van der Waals surface area contributed by atoms with Gasteiger partial charge < -0.3 is 18.9 Å². The van der Waals surface area contributed by atoms with E-state index in [9.17, 15) is 9.59 Å². The number of fused-ring (bicyclic) bond motifs is 2. The average Bonchev–Trinajstić information content (AvgIpc) is 3.27. The SMILES string of the molecule is CCOc1ccc2ccccc2c1C=c1sc2n(c1=O)C(c1ccccc1OC)C(C(=O)OCCOC)=C(C)N=2. The Kier molecular flexibility index (Phi) is 8.14. The largest absolute Gasteiger partial charge is 0.496 e. The van der Waals surface area contributed by atoms with Crippen LogP contribution in [0.5, 0.6) is 11.5 Å². The number of carbonyl (C=O) groups excluding carboxylic acids is 1. The fourth-order valence-corrected chi connectivity index (χ4v) is 5.93. The predicted molar refractivity (Wildman–Crippen MR) is 155 cm³/mol. The molecule has 0 saturated carbocycles. The van der Waals surface area contributed by atoms with E-state index in [4.69, 9.17) is 18.9 Å². The summed E-state index contributed by atoms with van der Waals surface area (Å²) < 4.78 is 24.2. The van der Waals surface area contributed by atoms with E-state index < -0.39 is 12.0 Å². The minimum absolute atomic E-state index is 0.0798. The lowest BCUT2D eigenvalue weighted by Crippen LogP contribution is -2.40. The molecule has 0 bridgehead atoms. The topological polar surface area (TPSA) is 88.4 Å². The summed E-state index contributed by atoms with van der Waals surface area (Å²) in [4.78, 5) is 32.7. The van der Waals surface area contributed by atoms with Crippen LogP contribution in [0.2, 0.25) is 0 Å². The number of thiazole rings is 1. The molecule has 0 fully saturated rings. The Hall–Kier alpha value is -4.21. The summed E-state index contributed by atoms with van der Waals surface area (Å²) in [5.74, 6) is 0.676. The molecule has 9 heteroatoms. The summed E-state index contributed by atoms with van der Waals surface area (Å²) in [5, 5.41) is 2.01. The fourth-order valence-electron chi connectivity index (χ4n) is 4.90. The number of methoxy groups -OCH3 is 2. The Morgan fingerprint density at radius 1 is 1.02 bits per heavy atom. The Morgan fingerprint density at radius 2 is 1.80 bits per heavy atom. The smallest absolute Gasteiger partial charge is 0.338 e. The van der Waals surface area contributed by atoms with Crippen LogP contribution in [0.3, 0.4) is 0 Å². The van der Waals surface area contributed by atoms with E-state index in [2.05, 4.69) is 4.99 Å². The zero-order valence-electron chi connectivity index (χ0n) is 22.8. The molecule has 1 aromatic heterocycles. The summed E-state index contributed by atoms with van der Waals surface area (Å²) in [6, 6.07) is 18.5. The van der Waals surface area contributed by atoms with Crippen molar-refractivity contribution in [3.63, 3.8) is 0 Å². The Bertz CT molecular complexity index is 1790.